The van der Waals surface area contributed by atoms with E-state index in [1.54, 1.807) is 18.0 Å². The van der Waals surface area contributed by atoms with Crippen LogP contribution in [0.15, 0.2) is 21.6 Å². The van der Waals surface area contributed by atoms with Crippen LogP contribution >= 0.6 is 11.8 Å². The summed E-state index contributed by atoms with van der Waals surface area (Å²) in [7, 11) is 0. The number of furan rings is 1. The van der Waals surface area contributed by atoms with Crippen molar-refractivity contribution >= 4 is 17.7 Å². The van der Waals surface area contributed by atoms with Gasteiger partial charge in [-0.05, 0) is 31.6 Å². The van der Waals surface area contributed by atoms with Crippen molar-refractivity contribution in [2.75, 3.05) is 5.75 Å². The van der Waals surface area contributed by atoms with Gasteiger partial charge >= 0.3 is 5.97 Å². The van der Waals surface area contributed by atoms with Crippen molar-refractivity contribution in [3.05, 3.63) is 18.1 Å². The lowest BCUT2D eigenvalue weighted by molar-refractivity contribution is -0.137. The zero-order chi connectivity index (χ0) is 10.4. The first-order chi connectivity index (χ1) is 6.70. The maximum Gasteiger partial charge on any atom is 0.303 e. The summed E-state index contributed by atoms with van der Waals surface area (Å²) in [6, 6.07) is 1.94. The average molecular weight is 214 g/mol. The Kier molecular flexibility index (Phi) is 4.59. The Balaban J connectivity index is 2.10. The molecule has 0 aromatic carbocycles. The number of rotatable bonds is 6. The summed E-state index contributed by atoms with van der Waals surface area (Å²) in [6.45, 7) is 1.93. The first-order valence-corrected chi connectivity index (χ1v) is 5.57. The minimum Gasteiger partial charge on any atom is -0.481 e. The van der Waals surface area contributed by atoms with Crippen LogP contribution in [0.2, 0.25) is 0 Å². The third-order valence-corrected chi connectivity index (χ3v) is 3.08. The number of unbranched alkanes of at least 4 members (excludes halogenated alkanes) is 1. The van der Waals surface area contributed by atoms with E-state index in [2.05, 4.69) is 0 Å². The van der Waals surface area contributed by atoms with Gasteiger partial charge in [0.25, 0.3) is 0 Å². The van der Waals surface area contributed by atoms with Gasteiger partial charge in [-0.1, -0.05) is 0 Å². The fourth-order valence-corrected chi connectivity index (χ4v) is 2.06. The molecule has 0 aliphatic rings. The predicted molar refractivity (Wildman–Crippen MR) is 55.7 cm³/mol. The first-order valence-electron chi connectivity index (χ1n) is 4.59. The van der Waals surface area contributed by atoms with Gasteiger partial charge in [0.15, 0.2) is 0 Å². The smallest absolute Gasteiger partial charge is 0.303 e. The lowest BCUT2D eigenvalue weighted by Crippen LogP contribution is -1.94. The second-order valence-electron chi connectivity index (χ2n) is 3.04. The normalized spacial score (nSPS) is 10.4. The van der Waals surface area contributed by atoms with Crippen LogP contribution in [0.5, 0.6) is 0 Å². The van der Waals surface area contributed by atoms with Crippen molar-refractivity contribution in [2.24, 2.45) is 0 Å². The van der Waals surface area contributed by atoms with E-state index in [-0.39, 0.29) is 6.42 Å². The van der Waals surface area contributed by atoms with Gasteiger partial charge in [-0.15, -0.1) is 11.8 Å². The molecule has 4 heteroatoms. The summed E-state index contributed by atoms with van der Waals surface area (Å²) in [4.78, 5) is 11.4. The molecule has 0 spiro atoms. The van der Waals surface area contributed by atoms with E-state index < -0.39 is 5.97 Å². The molecule has 14 heavy (non-hydrogen) atoms. The second-order valence-corrected chi connectivity index (χ2v) is 4.18. The quantitative estimate of drug-likeness (QED) is 0.584. The Bertz CT molecular complexity index is 293. The number of hydrogen-bond acceptors (Lipinski definition) is 3. The molecule has 0 atom stereocenters. The molecule has 0 saturated heterocycles. The highest BCUT2D eigenvalue weighted by atomic mass is 32.2. The van der Waals surface area contributed by atoms with E-state index in [0.29, 0.717) is 0 Å². The Morgan fingerprint density at radius 1 is 1.57 bits per heavy atom. The van der Waals surface area contributed by atoms with Gasteiger partial charge in [0, 0.05) is 11.3 Å². The van der Waals surface area contributed by atoms with Crippen molar-refractivity contribution in [1.29, 1.82) is 0 Å². The van der Waals surface area contributed by atoms with Crippen molar-refractivity contribution in [1.82, 2.24) is 0 Å². The van der Waals surface area contributed by atoms with Crippen LogP contribution in [0.1, 0.15) is 25.0 Å². The molecule has 1 heterocycles. The molecule has 0 aliphatic heterocycles. The second kappa shape index (κ2) is 5.75. The van der Waals surface area contributed by atoms with Gasteiger partial charge in [0.1, 0.15) is 5.76 Å². The standard InChI is InChI=1S/C10H14O3S/c1-8-9(5-6-13-8)14-7-3-2-4-10(11)12/h5-6H,2-4,7H2,1H3,(H,11,12). The van der Waals surface area contributed by atoms with Crippen molar-refractivity contribution in [3.63, 3.8) is 0 Å². The molecule has 0 saturated carbocycles. The van der Waals surface area contributed by atoms with Gasteiger partial charge in [-0.2, -0.15) is 0 Å². The third-order valence-electron chi connectivity index (χ3n) is 1.85. The average Bonchev–Trinajstić information content (AvgIpc) is 2.51. The molecule has 1 aromatic heterocycles. The number of carbonyl (C=O) groups is 1. The van der Waals surface area contributed by atoms with E-state index >= 15 is 0 Å². The molecular weight excluding hydrogens is 200 g/mol. The van der Waals surface area contributed by atoms with Gasteiger partial charge in [0.05, 0.1) is 6.26 Å². The first kappa shape index (κ1) is 11.2. The van der Waals surface area contributed by atoms with Crippen LogP contribution in [-0.4, -0.2) is 16.8 Å². The van der Waals surface area contributed by atoms with Crippen molar-refractivity contribution in [2.45, 2.75) is 31.1 Å². The topological polar surface area (TPSA) is 50.4 Å². The molecule has 1 N–H and O–H groups in total. The molecule has 0 radical (unpaired) electrons. The lowest BCUT2D eigenvalue weighted by Gasteiger charge is -1.98. The molecule has 0 unspecified atom stereocenters. The SMILES string of the molecule is Cc1occc1SCCCCC(=O)O. The van der Waals surface area contributed by atoms with Crippen LogP contribution in [0, 0.1) is 6.92 Å². The number of hydrogen-bond donors (Lipinski definition) is 1. The van der Waals surface area contributed by atoms with E-state index in [9.17, 15) is 4.79 Å². The molecule has 0 aliphatic carbocycles. The maximum atomic E-state index is 10.2. The maximum absolute atomic E-state index is 10.2. The molecule has 0 bridgehead atoms. The van der Waals surface area contributed by atoms with Gasteiger partial charge in [-0.3, -0.25) is 4.79 Å². The van der Waals surface area contributed by atoms with Crippen LogP contribution in [0.3, 0.4) is 0 Å². The fourth-order valence-electron chi connectivity index (χ4n) is 1.08. The minimum absolute atomic E-state index is 0.269. The van der Waals surface area contributed by atoms with Crippen molar-refractivity contribution < 1.29 is 14.3 Å². The number of carboxylic acid groups (broad SMARTS) is 1. The molecular formula is C10H14O3S. The molecule has 0 fully saturated rings. The molecule has 0 amide bonds. The van der Waals surface area contributed by atoms with E-state index in [0.717, 1.165) is 29.3 Å². The van der Waals surface area contributed by atoms with Gasteiger partial charge in [-0.25, -0.2) is 0 Å². The molecule has 1 aromatic rings. The van der Waals surface area contributed by atoms with Gasteiger partial charge in [0.2, 0.25) is 0 Å². The van der Waals surface area contributed by atoms with Crippen LogP contribution in [0.4, 0.5) is 0 Å². The molecule has 78 valence electrons. The summed E-state index contributed by atoms with van der Waals surface area (Å²) in [5.74, 6) is 1.18. The molecule has 1 rings (SSSR count). The zero-order valence-electron chi connectivity index (χ0n) is 8.16. The van der Waals surface area contributed by atoms with Crippen LogP contribution in [0.25, 0.3) is 0 Å². The highest BCUT2D eigenvalue weighted by Crippen LogP contribution is 2.23. The van der Waals surface area contributed by atoms with Gasteiger partial charge < -0.3 is 9.52 Å². The number of carboxylic acids is 1. The summed E-state index contributed by atoms with van der Waals surface area (Å²) >= 11 is 1.72. The number of aryl methyl sites for hydroxylation is 1. The van der Waals surface area contributed by atoms with E-state index in [1.165, 1.54) is 0 Å². The largest absolute Gasteiger partial charge is 0.481 e. The Morgan fingerprint density at radius 2 is 2.36 bits per heavy atom. The number of aliphatic carboxylic acids is 1. The van der Waals surface area contributed by atoms with E-state index in [4.69, 9.17) is 9.52 Å². The zero-order valence-corrected chi connectivity index (χ0v) is 8.97. The van der Waals surface area contributed by atoms with E-state index in [1.807, 2.05) is 13.0 Å². The summed E-state index contributed by atoms with van der Waals surface area (Å²) in [5.41, 5.74) is 0. The highest BCUT2D eigenvalue weighted by molar-refractivity contribution is 7.99. The summed E-state index contributed by atoms with van der Waals surface area (Å²) < 4.78 is 5.14. The molecule has 3 nitrogen and oxygen atoms in total. The minimum atomic E-state index is -0.713. The van der Waals surface area contributed by atoms with Crippen molar-refractivity contribution in [3.8, 4) is 0 Å². The van der Waals surface area contributed by atoms with Crippen LogP contribution < -0.4 is 0 Å². The summed E-state index contributed by atoms with van der Waals surface area (Å²) in [6.07, 6.45) is 3.63. The van der Waals surface area contributed by atoms with Crippen LogP contribution in [-0.2, 0) is 4.79 Å². The lowest BCUT2D eigenvalue weighted by atomic mass is 10.3. The Hall–Kier alpha value is -0.900. The fraction of sp³-hybridized carbons (Fsp3) is 0.500. The highest BCUT2D eigenvalue weighted by Gasteiger charge is 2.01. The third kappa shape index (κ3) is 3.87. The number of thioether (sulfide) groups is 1. The monoisotopic (exact) mass is 214 g/mol. The Morgan fingerprint density at radius 3 is 2.93 bits per heavy atom. The predicted octanol–water partition coefficient (Wildman–Crippen LogP) is 2.94. The Labute approximate surface area is 87.5 Å². The summed E-state index contributed by atoms with van der Waals surface area (Å²) in [5, 5.41) is 8.42.